The fraction of sp³-hybridized carbons (Fsp3) is 0.143. The lowest BCUT2D eigenvalue weighted by atomic mass is 10.0. The summed E-state index contributed by atoms with van der Waals surface area (Å²) in [6, 6.07) is 5.08. The van der Waals surface area contributed by atoms with Crippen molar-refractivity contribution in [3.8, 4) is 0 Å². The molecule has 2 aromatic carbocycles. The van der Waals surface area contributed by atoms with E-state index in [4.69, 9.17) is 0 Å². The Morgan fingerprint density at radius 3 is 2.10 bits per heavy atom. The van der Waals surface area contributed by atoms with Gasteiger partial charge in [-0.05, 0) is 23.8 Å². The maximum atomic E-state index is 13.6. The van der Waals surface area contributed by atoms with Gasteiger partial charge < -0.3 is 0 Å². The van der Waals surface area contributed by atoms with Gasteiger partial charge in [0.15, 0.2) is 0 Å². The SMILES string of the molecule is Fc1ccc(C(Br)c2ccc(F)c(C(F)(F)F)c2)c(F)c1. The van der Waals surface area contributed by atoms with Gasteiger partial charge in [-0.2, -0.15) is 13.2 Å². The lowest BCUT2D eigenvalue weighted by molar-refractivity contribution is -0.140. The summed E-state index contributed by atoms with van der Waals surface area (Å²) in [6.07, 6.45) is -4.85. The molecule has 0 aromatic heterocycles. The van der Waals surface area contributed by atoms with Crippen LogP contribution >= 0.6 is 15.9 Å². The standard InChI is InChI=1S/C14H7BrF6/c15-13(9-3-2-8(16)6-12(9)18)7-1-4-11(17)10(5-7)14(19,20)21/h1-6,13H. The van der Waals surface area contributed by atoms with Gasteiger partial charge >= 0.3 is 6.18 Å². The van der Waals surface area contributed by atoms with Gasteiger partial charge in [0.1, 0.15) is 17.5 Å². The van der Waals surface area contributed by atoms with Crippen molar-refractivity contribution in [2.75, 3.05) is 0 Å². The fourth-order valence-corrected chi connectivity index (χ4v) is 2.46. The second-order valence-electron chi connectivity index (χ2n) is 4.27. The topological polar surface area (TPSA) is 0 Å². The lowest BCUT2D eigenvalue weighted by Crippen LogP contribution is -2.09. The van der Waals surface area contributed by atoms with Crippen LogP contribution in [0.15, 0.2) is 36.4 Å². The van der Waals surface area contributed by atoms with E-state index in [1.165, 1.54) is 0 Å². The summed E-state index contributed by atoms with van der Waals surface area (Å²) in [6.45, 7) is 0. The van der Waals surface area contributed by atoms with Crippen molar-refractivity contribution < 1.29 is 26.3 Å². The Morgan fingerprint density at radius 2 is 1.52 bits per heavy atom. The molecule has 0 aliphatic rings. The molecule has 0 saturated carbocycles. The molecule has 1 unspecified atom stereocenters. The molecular formula is C14H7BrF6. The molecule has 0 nitrogen and oxygen atoms in total. The van der Waals surface area contributed by atoms with Crippen LogP contribution in [0.2, 0.25) is 0 Å². The first-order valence-corrected chi connectivity index (χ1v) is 6.57. The lowest BCUT2D eigenvalue weighted by Gasteiger charge is -2.15. The molecule has 0 spiro atoms. The van der Waals surface area contributed by atoms with Gasteiger partial charge in [0.25, 0.3) is 0 Å². The molecular weight excluding hydrogens is 362 g/mol. The average molecular weight is 369 g/mol. The second kappa shape index (κ2) is 5.71. The Hall–Kier alpha value is -1.50. The Morgan fingerprint density at radius 1 is 0.857 bits per heavy atom. The van der Waals surface area contributed by atoms with E-state index in [1.807, 2.05) is 0 Å². The van der Waals surface area contributed by atoms with Crippen molar-refractivity contribution in [3.63, 3.8) is 0 Å². The Balaban J connectivity index is 2.46. The first-order valence-electron chi connectivity index (χ1n) is 5.66. The van der Waals surface area contributed by atoms with E-state index in [2.05, 4.69) is 15.9 Å². The van der Waals surface area contributed by atoms with Crippen LogP contribution in [0.5, 0.6) is 0 Å². The summed E-state index contributed by atoms with van der Waals surface area (Å²) in [5, 5.41) is 0. The van der Waals surface area contributed by atoms with E-state index in [0.29, 0.717) is 18.2 Å². The molecule has 0 fully saturated rings. The minimum atomic E-state index is -4.85. The third-order valence-electron chi connectivity index (χ3n) is 2.82. The Labute approximate surface area is 124 Å². The third kappa shape index (κ3) is 3.40. The Kier molecular flexibility index (Phi) is 4.32. The van der Waals surface area contributed by atoms with Gasteiger partial charge in [0, 0.05) is 11.6 Å². The highest BCUT2D eigenvalue weighted by Crippen LogP contribution is 2.37. The fourth-order valence-electron chi connectivity index (χ4n) is 1.80. The van der Waals surface area contributed by atoms with Crippen LogP contribution in [0.1, 0.15) is 21.5 Å². The van der Waals surface area contributed by atoms with E-state index in [0.717, 1.165) is 18.2 Å². The monoisotopic (exact) mass is 368 g/mol. The van der Waals surface area contributed by atoms with Crippen molar-refractivity contribution in [3.05, 3.63) is 70.5 Å². The normalized spacial score (nSPS) is 13.3. The predicted octanol–water partition coefficient (Wildman–Crippen LogP) is 5.61. The predicted molar refractivity (Wildman–Crippen MR) is 68.5 cm³/mol. The molecule has 1 atom stereocenters. The smallest absolute Gasteiger partial charge is 0.207 e. The molecule has 0 radical (unpaired) electrons. The summed E-state index contributed by atoms with van der Waals surface area (Å²) >= 11 is 3.04. The van der Waals surface area contributed by atoms with Gasteiger partial charge in [0.2, 0.25) is 0 Å². The number of benzene rings is 2. The van der Waals surface area contributed by atoms with Crippen LogP contribution < -0.4 is 0 Å². The molecule has 2 aromatic rings. The van der Waals surface area contributed by atoms with Crippen LogP contribution in [-0.4, -0.2) is 0 Å². The minimum absolute atomic E-state index is 0.00855. The van der Waals surface area contributed by atoms with Gasteiger partial charge in [0.05, 0.1) is 10.4 Å². The van der Waals surface area contributed by atoms with E-state index >= 15 is 0 Å². The Bertz CT molecular complexity index is 665. The largest absolute Gasteiger partial charge is 0.419 e. The van der Waals surface area contributed by atoms with Crippen LogP contribution in [0.25, 0.3) is 0 Å². The summed E-state index contributed by atoms with van der Waals surface area (Å²) in [7, 11) is 0. The molecule has 0 saturated heterocycles. The summed E-state index contributed by atoms with van der Waals surface area (Å²) in [4.78, 5) is -0.959. The maximum absolute atomic E-state index is 13.6. The number of hydrogen-bond acceptors (Lipinski definition) is 0. The highest BCUT2D eigenvalue weighted by atomic mass is 79.9. The molecule has 0 aliphatic heterocycles. The number of alkyl halides is 4. The van der Waals surface area contributed by atoms with Gasteiger partial charge in [-0.1, -0.05) is 28.1 Å². The van der Waals surface area contributed by atoms with E-state index in [9.17, 15) is 26.3 Å². The quantitative estimate of drug-likeness (QED) is 0.477. The summed E-state index contributed by atoms with van der Waals surface area (Å²) < 4.78 is 77.6. The van der Waals surface area contributed by atoms with E-state index in [-0.39, 0.29) is 11.1 Å². The third-order valence-corrected chi connectivity index (χ3v) is 3.85. The van der Waals surface area contributed by atoms with E-state index < -0.39 is 34.0 Å². The highest BCUT2D eigenvalue weighted by Gasteiger charge is 2.34. The van der Waals surface area contributed by atoms with Crippen molar-refractivity contribution in [2.24, 2.45) is 0 Å². The average Bonchev–Trinajstić information content (AvgIpc) is 2.37. The molecule has 7 heteroatoms. The van der Waals surface area contributed by atoms with Crippen molar-refractivity contribution in [2.45, 2.75) is 11.0 Å². The zero-order valence-electron chi connectivity index (χ0n) is 10.2. The molecule has 2 rings (SSSR count). The molecule has 21 heavy (non-hydrogen) atoms. The maximum Gasteiger partial charge on any atom is 0.419 e. The summed E-state index contributed by atoms with van der Waals surface area (Å²) in [5.41, 5.74) is -1.47. The molecule has 0 heterocycles. The molecule has 0 amide bonds. The van der Waals surface area contributed by atoms with Crippen molar-refractivity contribution in [1.82, 2.24) is 0 Å². The van der Waals surface area contributed by atoms with Gasteiger partial charge in [-0.25, -0.2) is 13.2 Å². The second-order valence-corrected chi connectivity index (χ2v) is 5.18. The van der Waals surface area contributed by atoms with Crippen LogP contribution in [0, 0.1) is 17.5 Å². The first-order chi connectivity index (χ1) is 9.70. The van der Waals surface area contributed by atoms with Crippen LogP contribution in [-0.2, 0) is 6.18 Å². The minimum Gasteiger partial charge on any atom is -0.207 e. The van der Waals surface area contributed by atoms with Crippen molar-refractivity contribution in [1.29, 1.82) is 0 Å². The molecule has 112 valence electrons. The first kappa shape index (κ1) is 15.9. The van der Waals surface area contributed by atoms with Crippen LogP contribution in [0.3, 0.4) is 0 Å². The highest BCUT2D eigenvalue weighted by molar-refractivity contribution is 9.09. The summed E-state index contributed by atoms with van der Waals surface area (Å²) in [5.74, 6) is -3.12. The van der Waals surface area contributed by atoms with Gasteiger partial charge in [-0.3, -0.25) is 0 Å². The molecule has 0 bridgehead atoms. The van der Waals surface area contributed by atoms with E-state index in [1.54, 1.807) is 0 Å². The molecule has 0 aliphatic carbocycles. The van der Waals surface area contributed by atoms with Crippen LogP contribution in [0.4, 0.5) is 26.3 Å². The zero-order chi connectivity index (χ0) is 15.8. The number of halogens is 7. The van der Waals surface area contributed by atoms with Gasteiger partial charge in [-0.15, -0.1) is 0 Å². The number of rotatable bonds is 2. The molecule has 0 N–H and O–H groups in total. The zero-order valence-corrected chi connectivity index (χ0v) is 11.8. The number of hydrogen-bond donors (Lipinski definition) is 0. The van der Waals surface area contributed by atoms with Crippen molar-refractivity contribution >= 4 is 15.9 Å².